The van der Waals surface area contributed by atoms with Gasteiger partial charge in [-0.05, 0) is 24.3 Å². The molecule has 3 aromatic rings. The van der Waals surface area contributed by atoms with Crippen LogP contribution in [-0.2, 0) is 4.74 Å². The number of rotatable bonds is 6. The van der Waals surface area contributed by atoms with Gasteiger partial charge in [-0.2, -0.15) is 9.37 Å². The van der Waals surface area contributed by atoms with Crippen LogP contribution in [0.25, 0.3) is 5.69 Å². The molecule has 0 bridgehead atoms. The van der Waals surface area contributed by atoms with E-state index in [4.69, 9.17) is 4.74 Å². The van der Waals surface area contributed by atoms with E-state index < -0.39 is 12.4 Å². The van der Waals surface area contributed by atoms with Gasteiger partial charge in [-0.1, -0.05) is 0 Å². The van der Waals surface area contributed by atoms with Crippen LogP contribution in [-0.4, -0.2) is 70.1 Å². The summed E-state index contributed by atoms with van der Waals surface area (Å²) in [6, 6.07) is 8.03. The van der Waals surface area contributed by atoms with Crippen molar-refractivity contribution >= 4 is 17.3 Å². The second-order valence-corrected chi connectivity index (χ2v) is 7.80. The Hall–Kier alpha value is -3.18. The zero-order valence-electron chi connectivity index (χ0n) is 17.2. The fourth-order valence-electron chi connectivity index (χ4n) is 3.90. The van der Waals surface area contributed by atoms with Crippen LogP contribution in [0.3, 0.4) is 0 Å². The summed E-state index contributed by atoms with van der Waals surface area (Å²) in [5, 5.41) is 7.25. The highest BCUT2D eigenvalue weighted by molar-refractivity contribution is 5.64. The second kappa shape index (κ2) is 8.75. The van der Waals surface area contributed by atoms with E-state index in [1.54, 1.807) is 6.07 Å². The maximum absolute atomic E-state index is 13.6. The monoisotopic (exact) mass is 445 g/mol. The molecule has 2 aliphatic heterocycles. The summed E-state index contributed by atoms with van der Waals surface area (Å²) in [7, 11) is 0. The Kier molecular flexibility index (Phi) is 5.66. The number of pyridine rings is 1. The van der Waals surface area contributed by atoms with Crippen molar-refractivity contribution in [3.05, 3.63) is 54.4 Å². The number of piperazine rings is 1. The van der Waals surface area contributed by atoms with Gasteiger partial charge in [0.15, 0.2) is 0 Å². The predicted octanol–water partition coefficient (Wildman–Crippen LogP) is 3.00. The van der Waals surface area contributed by atoms with E-state index in [0.29, 0.717) is 17.4 Å². The van der Waals surface area contributed by atoms with Gasteiger partial charge in [-0.15, -0.1) is 5.10 Å². The van der Waals surface area contributed by atoms with Crippen LogP contribution in [0.15, 0.2) is 42.9 Å². The summed E-state index contributed by atoms with van der Waals surface area (Å²) < 4.78 is 47.2. The number of anilines is 3. The number of benzene rings is 1. The maximum Gasteiger partial charge on any atom is 0.263 e. The summed E-state index contributed by atoms with van der Waals surface area (Å²) in [6.07, 6.45) is 0.141. The molecule has 2 aromatic heterocycles. The summed E-state index contributed by atoms with van der Waals surface area (Å²) in [6.45, 7) is 4.77. The van der Waals surface area contributed by atoms with Gasteiger partial charge in [0.05, 0.1) is 24.9 Å². The lowest BCUT2D eigenvalue weighted by molar-refractivity contribution is -0.0660. The van der Waals surface area contributed by atoms with E-state index in [1.807, 2.05) is 6.07 Å². The molecule has 1 aromatic carbocycles. The fourth-order valence-corrected chi connectivity index (χ4v) is 3.90. The first kappa shape index (κ1) is 20.7. The summed E-state index contributed by atoms with van der Waals surface area (Å²) in [5.41, 5.74) is 1.57. The van der Waals surface area contributed by atoms with Crippen LogP contribution in [0.4, 0.5) is 30.5 Å². The average molecular weight is 445 g/mol. The summed E-state index contributed by atoms with van der Waals surface area (Å²) in [4.78, 5) is 12.2. The summed E-state index contributed by atoms with van der Waals surface area (Å²) >= 11 is 0. The van der Waals surface area contributed by atoms with Gasteiger partial charge in [-0.25, -0.2) is 18.4 Å². The van der Waals surface area contributed by atoms with Crippen molar-refractivity contribution in [2.24, 2.45) is 0 Å². The standard InChI is InChI=1S/C21H22F3N7O/c22-19-10-16(1-2-25-19)31-13-26-21(28-31)27-15-7-14(20(23)24)8-17(9-15)29-3-5-30(6-4-29)18-11-32-12-18/h1-2,7-10,13,18,20H,3-6,11-12H2,(H,27,28). The number of nitrogens with zero attached hydrogens (tertiary/aromatic N) is 6. The van der Waals surface area contributed by atoms with Crippen LogP contribution < -0.4 is 10.2 Å². The second-order valence-electron chi connectivity index (χ2n) is 7.80. The van der Waals surface area contributed by atoms with Crippen molar-refractivity contribution in [1.82, 2.24) is 24.6 Å². The molecule has 8 nitrogen and oxygen atoms in total. The molecule has 0 saturated carbocycles. The Labute approximate surface area is 182 Å². The third kappa shape index (κ3) is 4.39. The van der Waals surface area contributed by atoms with E-state index in [2.05, 4.69) is 30.2 Å². The Morgan fingerprint density at radius 3 is 2.50 bits per heavy atom. The Morgan fingerprint density at radius 2 is 1.81 bits per heavy atom. The minimum atomic E-state index is -2.60. The normalized spacial score (nSPS) is 17.6. The maximum atomic E-state index is 13.6. The van der Waals surface area contributed by atoms with Gasteiger partial charge >= 0.3 is 0 Å². The van der Waals surface area contributed by atoms with Crippen molar-refractivity contribution in [1.29, 1.82) is 0 Å². The van der Waals surface area contributed by atoms with Crippen LogP contribution in [0.1, 0.15) is 12.0 Å². The van der Waals surface area contributed by atoms with E-state index in [9.17, 15) is 13.2 Å². The lowest BCUT2D eigenvalue weighted by atomic mass is 10.1. The van der Waals surface area contributed by atoms with Crippen molar-refractivity contribution < 1.29 is 17.9 Å². The molecular formula is C21H22F3N7O. The number of nitrogens with one attached hydrogen (secondary N) is 1. The van der Waals surface area contributed by atoms with Gasteiger partial charge < -0.3 is 15.0 Å². The third-order valence-electron chi connectivity index (χ3n) is 5.73. The van der Waals surface area contributed by atoms with Gasteiger partial charge in [0.25, 0.3) is 6.43 Å². The highest BCUT2D eigenvalue weighted by Crippen LogP contribution is 2.30. The molecule has 168 valence electrons. The topological polar surface area (TPSA) is 71.3 Å². The number of hydrogen-bond donors (Lipinski definition) is 1. The Bertz CT molecular complexity index is 1080. The number of ether oxygens (including phenoxy) is 1. The van der Waals surface area contributed by atoms with Crippen molar-refractivity contribution in [3.63, 3.8) is 0 Å². The minimum absolute atomic E-state index is 0.0736. The lowest BCUT2D eigenvalue weighted by Gasteiger charge is -2.43. The Balaban J connectivity index is 1.33. The molecule has 11 heteroatoms. The quantitative estimate of drug-likeness (QED) is 0.585. The van der Waals surface area contributed by atoms with E-state index in [1.165, 1.54) is 35.4 Å². The van der Waals surface area contributed by atoms with Crippen LogP contribution in [0.5, 0.6) is 0 Å². The van der Waals surface area contributed by atoms with E-state index in [0.717, 1.165) is 45.1 Å². The number of hydrogen-bond acceptors (Lipinski definition) is 7. The average Bonchev–Trinajstić information content (AvgIpc) is 3.21. The lowest BCUT2D eigenvalue weighted by Crippen LogP contribution is -2.56. The van der Waals surface area contributed by atoms with Crippen LogP contribution in [0, 0.1) is 5.95 Å². The van der Waals surface area contributed by atoms with E-state index in [-0.39, 0.29) is 11.5 Å². The highest BCUT2D eigenvalue weighted by atomic mass is 19.3. The molecule has 0 unspecified atom stereocenters. The third-order valence-corrected chi connectivity index (χ3v) is 5.73. The smallest absolute Gasteiger partial charge is 0.263 e. The minimum Gasteiger partial charge on any atom is -0.378 e. The first-order valence-electron chi connectivity index (χ1n) is 10.4. The molecule has 0 atom stereocenters. The predicted molar refractivity (Wildman–Crippen MR) is 112 cm³/mol. The summed E-state index contributed by atoms with van der Waals surface area (Å²) in [5.74, 6) is -0.416. The molecule has 0 aliphatic carbocycles. The molecule has 0 radical (unpaired) electrons. The SMILES string of the molecule is Fc1cc(-n2cnc(Nc3cc(C(F)F)cc(N4CCN(C5COC5)CC4)c3)n2)ccn1. The zero-order chi connectivity index (χ0) is 22.1. The zero-order valence-corrected chi connectivity index (χ0v) is 17.2. The largest absolute Gasteiger partial charge is 0.378 e. The first-order chi connectivity index (χ1) is 15.5. The van der Waals surface area contributed by atoms with Gasteiger partial charge in [-0.3, -0.25) is 4.90 Å². The van der Waals surface area contributed by atoms with Gasteiger partial charge in [0.1, 0.15) is 6.33 Å². The molecule has 0 spiro atoms. The Morgan fingerprint density at radius 1 is 1.00 bits per heavy atom. The molecule has 2 aliphatic rings. The fraction of sp³-hybridized carbons (Fsp3) is 0.381. The number of halogens is 3. The van der Waals surface area contributed by atoms with E-state index >= 15 is 0 Å². The number of alkyl halides is 2. The van der Waals surface area contributed by atoms with Crippen LogP contribution in [0.2, 0.25) is 0 Å². The molecule has 0 amide bonds. The molecule has 2 fully saturated rings. The van der Waals surface area contributed by atoms with Crippen molar-refractivity contribution in [2.75, 3.05) is 49.6 Å². The molecular weight excluding hydrogens is 423 g/mol. The van der Waals surface area contributed by atoms with Crippen LogP contribution >= 0.6 is 0 Å². The molecule has 1 N–H and O–H groups in total. The molecule has 4 heterocycles. The van der Waals surface area contributed by atoms with Gasteiger partial charge in [0.2, 0.25) is 11.9 Å². The molecule has 32 heavy (non-hydrogen) atoms. The molecule has 5 rings (SSSR count). The van der Waals surface area contributed by atoms with Crippen molar-refractivity contribution in [3.8, 4) is 5.69 Å². The molecule has 2 saturated heterocycles. The number of aromatic nitrogens is 4. The highest BCUT2D eigenvalue weighted by Gasteiger charge is 2.29. The van der Waals surface area contributed by atoms with Crippen molar-refractivity contribution in [2.45, 2.75) is 12.5 Å². The van der Waals surface area contributed by atoms with Gasteiger partial charge in [0, 0.05) is 55.4 Å². The first-order valence-corrected chi connectivity index (χ1v) is 10.4.